The molecular formula is C20H17Cl2NO3. The number of halogens is 2. The van der Waals surface area contributed by atoms with Crippen LogP contribution < -0.4 is 15.3 Å². The topological polar surface area (TPSA) is 42.7 Å². The summed E-state index contributed by atoms with van der Waals surface area (Å²) >= 11 is 12.3. The van der Waals surface area contributed by atoms with Gasteiger partial charge >= 0.3 is 5.63 Å². The largest absolute Gasteiger partial charge is 0.472 e. The second-order valence-corrected chi connectivity index (χ2v) is 7.28. The maximum atomic E-state index is 11.8. The molecule has 0 fully saturated rings. The lowest BCUT2D eigenvalue weighted by atomic mass is 9.99. The first-order valence-electron chi connectivity index (χ1n) is 8.39. The van der Waals surface area contributed by atoms with E-state index in [0.717, 1.165) is 39.9 Å². The van der Waals surface area contributed by atoms with Crippen molar-refractivity contribution in [1.82, 2.24) is 0 Å². The lowest BCUT2D eigenvalue weighted by Gasteiger charge is -2.32. The Balaban J connectivity index is 1.83. The zero-order valence-corrected chi connectivity index (χ0v) is 15.9. The summed E-state index contributed by atoms with van der Waals surface area (Å²) in [5.74, 6) is 0.776. The summed E-state index contributed by atoms with van der Waals surface area (Å²) in [6, 6.07) is 9.06. The molecule has 1 aliphatic heterocycles. The molecule has 2 heterocycles. The van der Waals surface area contributed by atoms with Crippen molar-refractivity contribution in [2.24, 2.45) is 0 Å². The minimum Gasteiger partial charge on any atom is -0.472 e. The van der Waals surface area contributed by atoms with Gasteiger partial charge in [0.05, 0.1) is 0 Å². The van der Waals surface area contributed by atoms with Crippen molar-refractivity contribution < 1.29 is 9.15 Å². The van der Waals surface area contributed by atoms with Crippen LogP contribution in [-0.2, 0) is 13.0 Å². The Hall–Kier alpha value is -2.17. The number of fused-ring (bicyclic) bond motifs is 2. The molecule has 134 valence electrons. The van der Waals surface area contributed by atoms with Crippen LogP contribution in [0.3, 0.4) is 0 Å². The SMILES string of the molecule is CCc1cc(=O)oc2c(C)c3c(cc12)CN(c1cc(Cl)cc(Cl)c1)CO3. The summed E-state index contributed by atoms with van der Waals surface area (Å²) in [4.78, 5) is 13.9. The molecule has 0 unspecified atom stereocenters. The molecule has 0 saturated heterocycles. The van der Waals surface area contributed by atoms with Gasteiger partial charge in [-0.15, -0.1) is 0 Å². The number of ether oxygens (including phenoxy) is 1. The highest BCUT2D eigenvalue weighted by molar-refractivity contribution is 6.35. The highest BCUT2D eigenvalue weighted by atomic mass is 35.5. The predicted molar refractivity (Wildman–Crippen MR) is 105 cm³/mol. The van der Waals surface area contributed by atoms with E-state index in [4.69, 9.17) is 32.4 Å². The van der Waals surface area contributed by atoms with Crippen molar-refractivity contribution in [3.05, 3.63) is 67.5 Å². The molecule has 0 aliphatic carbocycles. The summed E-state index contributed by atoms with van der Waals surface area (Å²) in [5.41, 5.74) is 4.05. The molecule has 26 heavy (non-hydrogen) atoms. The van der Waals surface area contributed by atoms with Crippen LogP contribution in [0.2, 0.25) is 10.0 Å². The zero-order valence-electron chi connectivity index (χ0n) is 14.4. The van der Waals surface area contributed by atoms with Gasteiger partial charge in [0.1, 0.15) is 11.3 Å². The van der Waals surface area contributed by atoms with Gasteiger partial charge in [0.2, 0.25) is 0 Å². The molecule has 0 amide bonds. The monoisotopic (exact) mass is 389 g/mol. The van der Waals surface area contributed by atoms with Crippen molar-refractivity contribution in [3.63, 3.8) is 0 Å². The highest BCUT2D eigenvalue weighted by Gasteiger charge is 2.23. The van der Waals surface area contributed by atoms with Gasteiger partial charge < -0.3 is 14.1 Å². The molecule has 0 atom stereocenters. The van der Waals surface area contributed by atoms with Crippen molar-refractivity contribution >= 4 is 39.9 Å². The molecule has 0 bridgehead atoms. The average molecular weight is 390 g/mol. The van der Waals surface area contributed by atoms with Crippen LogP contribution in [0.4, 0.5) is 5.69 Å². The van der Waals surface area contributed by atoms with Crippen LogP contribution in [0, 0.1) is 6.92 Å². The van der Waals surface area contributed by atoms with Gasteiger partial charge in [0, 0.05) is 44.9 Å². The van der Waals surface area contributed by atoms with E-state index < -0.39 is 0 Å². The standard InChI is InChI=1S/C20H17Cl2NO3/c1-3-12-5-18(24)26-20-11(2)19-13(4-17(12)20)9-23(10-25-19)16-7-14(21)6-15(22)8-16/h4-8H,3,9-10H2,1-2H3. The van der Waals surface area contributed by atoms with Crippen LogP contribution >= 0.6 is 23.2 Å². The normalized spacial score (nSPS) is 13.6. The van der Waals surface area contributed by atoms with E-state index in [2.05, 4.69) is 11.0 Å². The molecule has 1 aromatic heterocycles. The molecule has 3 aromatic rings. The van der Waals surface area contributed by atoms with E-state index in [0.29, 0.717) is 28.9 Å². The molecule has 2 aromatic carbocycles. The minimum absolute atomic E-state index is 0.330. The summed E-state index contributed by atoms with van der Waals surface area (Å²) in [5, 5.41) is 2.13. The van der Waals surface area contributed by atoms with Gasteiger partial charge in [-0.2, -0.15) is 0 Å². The van der Waals surface area contributed by atoms with Gasteiger partial charge in [0.15, 0.2) is 6.73 Å². The lowest BCUT2D eigenvalue weighted by molar-refractivity contribution is 0.287. The van der Waals surface area contributed by atoms with Crippen molar-refractivity contribution in [3.8, 4) is 5.75 Å². The third kappa shape index (κ3) is 2.93. The Morgan fingerprint density at radius 3 is 2.54 bits per heavy atom. The third-order valence-corrected chi connectivity index (χ3v) is 5.13. The van der Waals surface area contributed by atoms with Crippen LogP contribution in [-0.4, -0.2) is 6.73 Å². The molecule has 0 radical (unpaired) electrons. The van der Waals surface area contributed by atoms with E-state index >= 15 is 0 Å². The summed E-state index contributed by atoms with van der Waals surface area (Å²) in [6.45, 7) is 4.98. The molecule has 4 nitrogen and oxygen atoms in total. The fraction of sp³-hybridized carbons (Fsp3) is 0.250. The molecule has 4 rings (SSSR count). The number of hydrogen-bond donors (Lipinski definition) is 0. The fourth-order valence-corrected chi connectivity index (χ4v) is 3.98. The van der Waals surface area contributed by atoms with Gasteiger partial charge in [-0.05, 0) is 43.2 Å². The first-order valence-corrected chi connectivity index (χ1v) is 9.15. The number of anilines is 1. The number of nitrogens with zero attached hydrogens (tertiary/aromatic N) is 1. The van der Waals surface area contributed by atoms with E-state index in [1.54, 1.807) is 12.1 Å². The van der Waals surface area contributed by atoms with E-state index in [-0.39, 0.29) is 5.63 Å². The average Bonchev–Trinajstić information content (AvgIpc) is 2.61. The van der Waals surface area contributed by atoms with E-state index in [1.807, 2.05) is 26.0 Å². The number of rotatable bonds is 2. The van der Waals surface area contributed by atoms with Gasteiger partial charge in [-0.25, -0.2) is 4.79 Å². The summed E-state index contributed by atoms with van der Waals surface area (Å²) in [6.07, 6.45) is 0.759. The second kappa shape index (κ2) is 6.53. The minimum atomic E-state index is -0.330. The van der Waals surface area contributed by atoms with E-state index in [9.17, 15) is 4.79 Å². The molecule has 6 heteroatoms. The quantitative estimate of drug-likeness (QED) is 0.555. The fourth-order valence-electron chi connectivity index (χ4n) is 3.46. The van der Waals surface area contributed by atoms with Gasteiger partial charge in [-0.1, -0.05) is 30.1 Å². The van der Waals surface area contributed by atoms with Crippen LogP contribution in [0.5, 0.6) is 5.75 Å². The van der Waals surface area contributed by atoms with Crippen molar-refractivity contribution in [1.29, 1.82) is 0 Å². The second-order valence-electron chi connectivity index (χ2n) is 6.41. The summed E-state index contributed by atoms with van der Waals surface area (Å²) in [7, 11) is 0. The molecule has 0 saturated carbocycles. The van der Waals surface area contributed by atoms with Crippen molar-refractivity contribution in [2.75, 3.05) is 11.6 Å². The first kappa shape index (κ1) is 17.3. The number of benzene rings is 2. The van der Waals surface area contributed by atoms with Crippen molar-refractivity contribution in [2.45, 2.75) is 26.8 Å². The molecule has 0 spiro atoms. The van der Waals surface area contributed by atoms with Gasteiger partial charge in [0.25, 0.3) is 0 Å². The maximum absolute atomic E-state index is 11.8. The highest BCUT2D eigenvalue weighted by Crippen LogP contribution is 2.37. The number of hydrogen-bond acceptors (Lipinski definition) is 4. The van der Waals surface area contributed by atoms with Crippen LogP contribution in [0.1, 0.15) is 23.6 Å². The first-order chi connectivity index (χ1) is 12.5. The van der Waals surface area contributed by atoms with Gasteiger partial charge in [-0.3, -0.25) is 0 Å². The Morgan fingerprint density at radius 2 is 1.85 bits per heavy atom. The Kier molecular flexibility index (Phi) is 4.33. The Labute approximate surface area is 160 Å². The summed E-state index contributed by atoms with van der Waals surface area (Å²) < 4.78 is 11.5. The van der Waals surface area contributed by atoms with Crippen LogP contribution in [0.25, 0.3) is 11.0 Å². The lowest BCUT2D eigenvalue weighted by Crippen LogP contribution is -2.32. The maximum Gasteiger partial charge on any atom is 0.336 e. The number of aryl methyl sites for hydroxylation is 2. The van der Waals surface area contributed by atoms with Crippen LogP contribution in [0.15, 0.2) is 39.5 Å². The Bertz CT molecular complexity index is 1050. The van der Waals surface area contributed by atoms with E-state index in [1.165, 1.54) is 0 Å². The molecule has 0 N–H and O–H groups in total. The molecule has 1 aliphatic rings. The third-order valence-electron chi connectivity index (χ3n) is 4.70. The zero-order chi connectivity index (χ0) is 18.4. The molecular weight excluding hydrogens is 373 g/mol. The smallest absolute Gasteiger partial charge is 0.336 e. The Morgan fingerprint density at radius 1 is 1.12 bits per heavy atom. The predicted octanol–water partition coefficient (Wildman–Crippen LogP) is 5.33.